The molecule has 0 bridgehead atoms. The van der Waals surface area contributed by atoms with Gasteiger partial charge in [0.25, 0.3) is 0 Å². The van der Waals surface area contributed by atoms with Crippen LogP contribution in [0.3, 0.4) is 0 Å². The van der Waals surface area contributed by atoms with Crippen molar-refractivity contribution < 1.29 is 28.5 Å². The summed E-state index contributed by atoms with van der Waals surface area (Å²) < 4.78 is 27.4. The molecule has 1 N–H and O–H groups in total. The summed E-state index contributed by atoms with van der Waals surface area (Å²) in [5.74, 6) is 2.30. The van der Waals surface area contributed by atoms with Gasteiger partial charge in [0.1, 0.15) is 18.1 Å². The highest BCUT2D eigenvalue weighted by Gasteiger charge is 2.31. The molecular formula is C28H30N2O6S. The highest BCUT2D eigenvalue weighted by atomic mass is 32.1. The Morgan fingerprint density at radius 3 is 2.35 bits per heavy atom. The largest absolute Gasteiger partial charge is 0.497 e. The maximum Gasteiger partial charge on any atom is 0.337 e. The third kappa shape index (κ3) is 5.89. The van der Waals surface area contributed by atoms with Crippen LogP contribution in [0.1, 0.15) is 27.5 Å². The van der Waals surface area contributed by atoms with Gasteiger partial charge in [-0.15, -0.1) is 0 Å². The molecule has 1 aliphatic heterocycles. The molecule has 1 aliphatic rings. The molecule has 0 saturated heterocycles. The van der Waals surface area contributed by atoms with Crippen molar-refractivity contribution in [3.63, 3.8) is 0 Å². The average molecular weight is 523 g/mol. The maximum absolute atomic E-state index is 11.8. The minimum atomic E-state index is -0.394. The second kappa shape index (κ2) is 11.8. The molecular weight excluding hydrogens is 492 g/mol. The molecule has 0 saturated carbocycles. The van der Waals surface area contributed by atoms with Gasteiger partial charge in [0.05, 0.1) is 40.0 Å². The predicted molar refractivity (Wildman–Crippen MR) is 145 cm³/mol. The van der Waals surface area contributed by atoms with E-state index in [1.54, 1.807) is 45.6 Å². The first-order chi connectivity index (χ1) is 18.0. The molecule has 4 rings (SSSR count). The Morgan fingerprint density at radius 2 is 1.68 bits per heavy atom. The molecule has 0 aliphatic carbocycles. The molecule has 0 unspecified atom stereocenters. The van der Waals surface area contributed by atoms with Crippen LogP contribution in [0.5, 0.6) is 23.0 Å². The number of carbonyl (C=O) groups is 1. The minimum absolute atomic E-state index is 0.200. The normalized spacial score (nSPS) is 14.3. The third-order valence-electron chi connectivity index (χ3n) is 6.27. The average Bonchev–Trinajstić information content (AvgIpc) is 2.94. The fourth-order valence-electron chi connectivity index (χ4n) is 4.33. The number of rotatable bonds is 8. The first-order valence-corrected chi connectivity index (χ1v) is 12.2. The van der Waals surface area contributed by atoms with Crippen LogP contribution in [0.25, 0.3) is 0 Å². The monoisotopic (exact) mass is 522 g/mol. The zero-order chi connectivity index (χ0) is 26.4. The van der Waals surface area contributed by atoms with Gasteiger partial charge in [-0.05, 0) is 78.3 Å². The molecule has 0 fully saturated rings. The van der Waals surface area contributed by atoms with Gasteiger partial charge in [0, 0.05) is 18.3 Å². The summed E-state index contributed by atoms with van der Waals surface area (Å²) in [5.41, 5.74) is 3.48. The standard InChI is InChI=1S/C28H30N2O6S/c1-32-22-7-5-6-20(15-22)29-28(37)30-13-12-19-14-25(33-2)26(34-3)16-23(19)24(30)17-36-21-10-8-18(9-11-21)27(31)35-4/h5-11,14-16,24H,12-13,17H2,1-4H3,(H,29,37)/t24-/m0/s1. The molecule has 0 aromatic heterocycles. The number of thiocarbonyl (C=S) groups is 1. The van der Waals surface area contributed by atoms with Crippen molar-refractivity contribution >= 4 is 29.0 Å². The molecule has 37 heavy (non-hydrogen) atoms. The number of esters is 1. The van der Waals surface area contributed by atoms with Crippen LogP contribution in [0.4, 0.5) is 5.69 Å². The van der Waals surface area contributed by atoms with Crippen molar-refractivity contribution in [3.05, 3.63) is 77.4 Å². The van der Waals surface area contributed by atoms with Crippen LogP contribution < -0.4 is 24.3 Å². The lowest BCUT2D eigenvalue weighted by Gasteiger charge is -2.39. The quantitative estimate of drug-likeness (QED) is 0.329. The van der Waals surface area contributed by atoms with E-state index < -0.39 is 5.97 Å². The minimum Gasteiger partial charge on any atom is -0.497 e. The second-order valence-corrected chi connectivity index (χ2v) is 8.74. The van der Waals surface area contributed by atoms with E-state index >= 15 is 0 Å². The van der Waals surface area contributed by atoms with Crippen molar-refractivity contribution in [3.8, 4) is 23.0 Å². The second-order valence-electron chi connectivity index (χ2n) is 8.35. The summed E-state index contributed by atoms with van der Waals surface area (Å²) in [5, 5.41) is 3.91. The van der Waals surface area contributed by atoms with E-state index in [-0.39, 0.29) is 6.04 Å². The topological polar surface area (TPSA) is 78.5 Å². The Hall–Kier alpha value is -3.98. The van der Waals surface area contributed by atoms with Crippen molar-refractivity contribution in [2.75, 3.05) is 46.9 Å². The maximum atomic E-state index is 11.8. The number of anilines is 1. The van der Waals surface area contributed by atoms with E-state index in [9.17, 15) is 4.79 Å². The number of fused-ring (bicyclic) bond motifs is 1. The Labute approximate surface area is 222 Å². The van der Waals surface area contributed by atoms with Crippen LogP contribution >= 0.6 is 12.2 Å². The molecule has 3 aromatic rings. The van der Waals surface area contributed by atoms with Gasteiger partial charge in [-0.25, -0.2) is 4.79 Å². The van der Waals surface area contributed by atoms with Gasteiger partial charge in [0.2, 0.25) is 0 Å². The smallest absolute Gasteiger partial charge is 0.337 e. The van der Waals surface area contributed by atoms with Crippen molar-refractivity contribution in [1.82, 2.24) is 4.90 Å². The molecule has 1 heterocycles. The number of nitrogens with zero attached hydrogens (tertiary/aromatic N) is 1. The molecule has 1 atom stereocenters. The molecule has 9 heteroatoms. The lowest BCUT2D eigenvalue weighted by Crippen LogP contribution is -2.44. The molecule has 3 aromatic carbocycles. The highest BCUT2D eigenvalue weighted by Crippen LogP contribution is 2.39. The number of ether oxygens (including phenoxy) is 5. The Balaban J connectivity index is 1.61. The fraction of sp³-hybridized carbons (Fsp3) is 0.286. The van der Waals surface area contributed by atoms with Gasteiger partial charge >= 0.3 is 5.97 Å². The fourth-order valence-corrected chi connectivity index (χ4v) is 4.66. The SMILES string of the molecule is COC(=O)c1ccc(OC[C@H]2c3cc(OC)c(OC)cc3CCN2C(=S)Nc2cccc(OC)c2)cc1. The summed E-state index contributed by atoms with van der Waals surface area (Å²) in [6.45, 7) is 1.01. The van der Waals surface area contributed by atoms with E-state index in [0.29, 0.717) is 41.1 Å². The first kappa shape index (κ1) is 26.1. The Bertz CT molecular complexity index is 1260. The lowest BCUT2D eigenvalue weighted by atomic mass is 9.92. The number of hydrogen-bond acceptors (Lipinski definition) is 7. The summed E-state index contributed by atoms with van der Waals surface area (Å²) >= 11 is 5.85. The van der Waals surface area contributed by atoms with Crippen LogP contribution in [-0.2, 0) is 11.2 Å². The van der Waals surface area contributed by atoms with Gasteiger partial charge in [-0.1, -0.05) is 6.07 Å². The predicted octanol–water partition coefficient (Wildman–Crippen LogP) is 4.87. The van der Waals surface area contributed by atoms with Crippen LogP contribution in [0.15, 0.2) is 60.7 Å². The zero-order valence-electron chi connectivity index (χ0n) is 21.3. The van der Waals surface area contributed by atoms with Crippen LogP contribution in [0, 0.1) is 0 Å². The Morgan fingerprint density at radius 1 is 0.946 bits per heavy atom. The van der Waals surface area contributed by atoms with Crippen molar-refractivity contribution in [2.45, 2.75) is 12.5 Å². The number of benzene rings is 3. The number of methoxy groups -OCH3 is 4. The number of hydrogen-bond donors (Lipinski definition) is 1. The summed E-state index contributed by atoms with van der Waals surface area (Å²) in [7, 11) is 6.23. The molecule has 194 valence electrons. The summed E-state index contributed by atoms with van der Waals surface area (Å²) in [6.07, 6.45) is 0.778. The number of nitrogens with one attached hydrogen (secondary N) is 1. The van der Waals surface area contributed by atoms with Crippen molar-refractivity contribution in [1.29, 1.82) is 0 Å². The molecule has 8 nitrogen and oxygen atoms in total. The zero-order valence-corrected chi connectivity index (χ0v) is 22.1. The van der Waals surface area contributed by atoms with Gasteiger partial charge < -0.3 is 33.9 Å². The Kier molecular flexibility index (Phi) is 8.35. The third-order valence-corrected chi connectivity index (χ3v) is 6.60. The van der Waals surface area contributed by atoms with Gasteiger partial charge in [-0.2, -0.15) is 0 Å². The van der Waals surface area contributed by atoms with E-state index in [2.05, 4.69) is 10.2 Å². The van der Waals surface area contributed by atoms with Gasteiger partial charge in [-0.3, -0.25) is 0 Å². The van der Waals surface area contributed by atoms with Crippen LogP contribution in [0.2, 0.25) is 0 Å². The highest BCUT2D eigenvalue weighted by molar-refractivity contribution is 7.80. The summed E-state index contributed by atoms with van der Waals surface area (Å²) in [6, 6.07) is 18.3. The van der Waals surface area contributed by atoms with E-state index in [1.807, 2.05) is 36.4 Å². The van der Waals surface area contributed by atoms with Crippen LogP contribution in [-0.4, -0.2) is 57.6 Å². The first-order valence-electron chi connectivity index (χ1n) is 11.7. The molecule has 0 spiro atoms. The van der Waals surface area contributed by atoms with E-state index in [0.717, 1.165) is 29.0 Å². The van der Waals surface area contributed by atoms with E-state index in [4.69, 9.17) is 35.9 Å². The van der Waals surface area contributed by atoms with E-state index in [1.165, 1.54) is 7.11 Å². The van der Waals surface area contributed by atoms with Gasteiger partial charge in [0.15, 0.2) is 16.6 Å². The number of carbonyl (C=O) groups excluding carboxylic acids is 1. The summed E-state index contributed by atoms with van der Waals surface area (Å²) in [4.78, 5) is 13.9. The molecule has 0 amide bonds. The molecule has 0 radical (unpaired) electrons. The van der Waals surface area contributed by atoms with Crippen molar-refractivity contribution in [2.24, 2.45) is 0 Å². The lowest BCUT2D eigenvalue weighted by molar-refractivity contribution is 0.0600.